The van der Waals surface area contributed by atoms with Gasteiger partial charge in [0.1, 0.15) is 0 Å². The van der Waals surface area contributed by atoms with Crippen LogP contribution < -0.4 is 11.1 Å². The summed E-state index contributed by atoms with van der Waals surface area (Å²) in [5.74, 6) is -0.203. The molecule has 1 aliphatic rings. The van der Waals surface area contributed by atoms with Crippen LogP contribution in [0.25, 0.3) is 0 Å². The number of rotatable bonds is 4. The predicted octanol–water partition coefficient (Wildman–Crippen LogP) is 0.270. The Morgan fingerprint density at radius 1 is 1.50 bits per heavy atom. The zero-order chi connectivity index (χ0) is 10.4. The lowest BCUT2D eigenvalue weighted by molar-refractivity contribution is -0.118. The molecular weight excluding hydrogens is 180 g/mol. The molecule has 0 unspecified atom stereocenters. The molecule has 0 radical (unpaired) electrons. The molecule has 80 valence electrons. The fourth-order valence-electron chi connectivity index (χ4n) is 1.65. The first kappa shape index (κ1) is 11.0. The number of aliphatic hydroxyl groups is 1. The van der Waals surface area contributed by atoms with Gasteiger partial charge >= 0.3 is 0 Å². The highest BCUT2D eigenvalue weighted by Crippen LogP contribution is 2.17. The van der Waals surface area contributed by atoms with Gasteiger partial charge in [0.15, 0.2) is 0 Å². The van der Waals surface area contributed by atoms with Crippen molar-refractivity contribution in [2.75, 3.05) is 6.61 Å². The maximum atomic E-state index is 11.4. The summed E-state index contributed by atoms with van der Waals surface area (Å²) < 4.78 is 0. The summed E-state index contributed by atoms with van der Waals surface area (Å²) in [7, 11) is 0. The van der Waals surface area contributed by atoms with Gasteiger partial charge in [-0.15, -0.1) is 0 Å². The fourth-order valence-corrected chi connectivity index (χ4v) is 1.65. The normalized spacial score (nSPS) is 18.5. The molecule has 1 rings (SSSR count). The maximum Gasteiger partial charge on any atom is 0.267 e. The van der Waals surface area contributed by atoms with Crippen LogP contribution in [0, 0.1) is 0 Å². The summed E-state index contributed by atoms with van der Waals surface area (Å²) in [4.78, 5) is 11.4. The zero-order valence-corrected chi connectivity index (χ0v) is 8.33. The van der Waals surface area contributed by atoms with E-state index in [0.29, 0.717) is 12.5 Å². The van der Waals surface area contributed by atoms with Crippen LogP contribution in [0.5, 0.6) is 0 Å². The third-order valence-electron chi connectivity index (χ3n) is 2.45. The minimum absolute atomic E-state index is 0.0252. The van der Waals surface area contributed by atoms with Gasteiger partial charge in [0.25, 0.3) is 5.91 Å². The molecule has 1 saturated carbocycles. The number of amides is 1. The summed E-state index contributed by atoms with van der Waals surface area (Å²) in [6.45, 7) is 0.0252. The predicted molar refractivity (Wildman–Crippen MR) is 54.4 cm³/mol. The van der Waals surface area contributed by atoms with Gasteiger partial charge in [0.05, 0.1) is 5.70 Å². The molecule has 0 aromatic carbocycles. The molecule has 0 spiro atoms. The Balaban J connectivity index is 2.32. The molecule has 0 heterocycles. The molecule has 0 saturated heterocycles. The Morgan fingerprint density at radius 3 is 2.71 bits per heavy atom. The van der Waals surface area contributed by atoms with E-state index in [0.717, 1.165) is 12.8 Å². The summed E-state index contributed by atoms with van der Waals surface area (Å²) in [6, 6.07) is 0.295. The summed E-state index contributed by atoms with van der Waals surface area (Å²) >= 11 is 0. The van der Waals surface area contributed by atoms with Crippen LogP contribution in [-0.4, -0.2) is 23.7 Å². The molecule has 0 atom stereocenters. The summed E-state index contributed by atoms with van der Waals surface area (Å²) in [5, 5.41) is 11.4. The SMILES string of the molecule is N/C(=C\CCO)C(=O)NC1CCCC1. The average molecular weight is 198 g/mol. The highest BCUT2D eigenvalue weighted by molar-refractivity contribution is 5.92. The zero-order valence-electron chi connectivity index (χ0n) is 8.33. The lowest BCUT2D eigenvalue weighted by atomic mass is 10.2. The number of carbonyl (C=O) groups is 1. The van der Waals surface area contributed by atoms with E-state index >= 15 is 0 Å². The quantitative estimate of drug-likeness (QED) is 0.568. The van der Waals surface area contributed by atoms with Crippen LogP contribution in [0.15, 0.2) is 11.8 Å². The first-order valence-electron chi connectivity index (χ1n) is 5.11. The minimum atomic E-state index is -0.203. The molecule has 0 bridgehead atoms. The van der Waals surface area contributed by atoms with Crippen molar-refractivity contribution in [2.45, 2.75) is 38.1 Å². The third kappa shape index (κ3) is 3.38. The summed E-state index contributed by atoms with van der Waals surface area (Å²) in [5.41, 5.74) is 5.73. The van der Waals surface area contributed by atoms with E-state index in [-0.39, 0.29) is 18.2 Å². The lowest BCUT2D eigenvalue weighted by Crippen LogP contribution is -2.35. The Labute approximate surface area is 84.2 Å². The van der Waals surface area contributed by atoms with E-state index in [4.69, 9.17) is 10.8 Å². The molecule has 14 heavy (non-hydrogen) atoms. The molecular formula is C10H18N2O2. The van der Waals surface area contributed by atoms with Crippen molar-refractivity contribution in [1.29, 1.82) is 0 Å². The molecule has 4 nitrogen and oxygen atoms in total. The molecule has 0 aliphatic heterocycles. The van der Waals surface area contributed by atoms with E-state index in [9.17, 15) is 4.79 Å². The Kier molecular flexibility index (Phi) is 4.46. The first-order valence-corrected chi connectivity index (χ1v) is 5.11. The van der Waals surface area contributed by atoms with Crippen molar-refractivity contribution in [1.82, 2.24) is 5.32 Å². The smallest absolute Gasteiger partial charge is 0.267 e. The van der Waals surface area contributed by atoms with Crippen molar-refractivity contribution in [3.05, 3.63) is 11.8 Å². The summed E-state index contributed by atoms with van der Waals surface area (Å²) in [6.07, 6.45) is 6.47. The van der Waals surface area contributed by atoms with Gasteiger partial charge in [-0.1, -0.05) is 18.9 Å². The van der Waals surface area contributed by atoms with Crippen molar-refractivity contribution in [3.63, 3.8) is 0 Å². The van der Waals surface area contributed by atoms with E-state index in [2.05, 4.69) is 5.32 Å². The molecule has 0 aromatic rings. The first-order chi connectivity index (χ1) is 6.74. The number of hydrogen-bond acceptors (Lipinski definition) is 3. The molecule has 4 N–H and O–H groups in total. The maximum absolute atomic E-state index is 11.4. The van der Waals surface area contributed by atoms with Gasteiger partial charge < -0.3 is 16.2 Å². The van der Waals surface area contributed by atoms with Gasteiger partial charge in [-0.05, 0) is 19.3 Å². The number of carbonyl (C=O) groups excluding carboxylic acids is 1. The van der Waals surface area contributed by atoms with Crippen LogP contribution >= 0.6 is 0 Å². The van der Waals surface area contributed by atoms with E-state index < -0.39 is 0 Å². The number of nitrogens with one attached hydrogen (secondary N) is 1. The Bertz CT molecular complexity index is 220. The second kappa shape index (κ2) is 5.65. The van der Waals surface area contributed by atoms with Gasteiger partial charge in [-0.3, -0.25) is 4.79 Å². The molecule has 4 heteroatoms. The van der Waals surface area contributed by atoms with Gasteiger partial charge in [-0.25, -0.2) is 0 Å². The largest absolute Gasteiger partial charge is 0.396 e. The fraction of sp³-hybridized carbons (Fsp3) is 0.700. The number of nitrogens with two attached hydrogens (primary N) is 1. The van der Waals surface area contributed by atoms with E-state index in [1.807, 2.05) is 0 Å². The minimum Gasteiger partial charge on any atom is -0.396 e. The van der Waals surface area contributed by atoms with E-state index in [1.54, 1.807) is 6.08 Å². The van der Waals surface area contributed by atoms with Gasteiger partial charge in [-0.2, -0.15) is 0 Å². The van der Waals surface area contributed by atoms with Crippen LogP contribution in [0.1, 0.15) is 32.1 Å². The number of hydrogen-bond donors (Lipinski definition) is 3. The van der Waals surface area contributed by atoms with Crippen molar-refractivity contribution in [2.24, 2.45) is 5.73 Å². The topological polar surface area (TPSA) is 75.3 Å². The monoisotopic (exact) mass is 198 g/mol. The number of aliphatic hydroxyl groups excluding tert-OH is 1. The van der Waals surface area contributed by atoms with E-state index in [1.165, 1.54) is 12.8 Å². The van der Waals surface area contributed by atoms with Gasteiger partial charge in [0.2, 0.25) is 0 Å². The second-order valence-electron chi connectivity index (χ2n) is 3.63. The van der Waals surface area contributed by atoms with Crippen LogP contribution in [-0.2, 0) is 4.79 Å². The highest BCUT2D eigenvalue weighted by Gasteiger charge is 2.17. The third-order valence-corrected chi connectivity index (χ3v) is 2.45. The molecule has 1 aliphatic carbocycles. The second-order valence-corrected chi connectivity index (χ2v) is 3.63. The molecule has 0 aromatic heterocycles. The Hall–Kier alpha value is -1.03. The van der Waals surface area contributed by atoms with Crippen molar-refractivity contribution < 1.29 is 9.90 Å². The van der Waals surface area contributed by atoms with Crippen molar-refractivity contribution in [3.8, 4) is 0 Å². The Morgan fingerprint density at radius 2 is 2.14 bits per heavy atom. The standard InChI is InChI=1S/C10H18N2O2/c11-9(6-3-7-13)10(14)12-8-4-1-2-5-8/h6,8,13H,1-5,7,11H2,(H,12,14)/b9-6-. The van der Waals surface area contributed by atoms with Crippen LogP contribution in [0.2, 0.25) is 0 Å². The molecule has 1 fully saturated rings. The lowest BCUT2D eigenvalue weighted by Gasteiger charge is -2.11. The van der Waals surface area contributed by atoms with Crippen molar-refractivity contribution >= 4 is 5.91 Å². The average Bonchev–Trinajstić information content (AvgIpc) is 2.66. The van der Waals surface area contributed by atoms with Crippen LogP contribution in [0.3, 0.4) is 0 Å². The molecule has 1 amide bonds. The van der Waals surface area contributed by atoms with Crippen LogP contribution in [0.4, 0.5) is 0 Å². The van der Waals surface area contributed by atoms with Gasteiger partial charge in [0, 0.05) is 12.6 Å². The highest BCUT2D eigenvalue weighted by atomic mass is 16.2.